The molecule has 0 saturated heterocycles. The van der Waals surface area contributed by atoms with Crippen LogP contribution < -0.4 is 0 Å². The van der Waals surface area contributed by atoms with E-state index in [0.717, 1.165) is 15.9 Å². The van der Waals surface area contributed by atoms with Gasteiger partial charge >= 0.3 is 0 Å². The average molecular weight is 292 g/mol. The van der Waals surface area contributed by atoms with Gasteiger partial charge < -0.3 is 4.48 Å². The fourth-order valence-electron chi connectivity index (χ4n) is 2.96. The molecule has 0 radical (unpaired) electrons. The predicted molar refractivity (Wildman–Crippen MR) is 89.7 cm³/mol. The highest BCUT2D eigenvalue weighted by molar-refractivity contribution is 7.80. The third-order valence-corrected chi connectivity index (χ3v) is 4.74. The van der Waals surface area contributed by atoms with E-state index < -0.39 is 0 Å². The minimum Gasteiger partial charge on any atom is -0.331 e. The van der Waals surface area contributed by atoms with E-state index in [2.05, 4.69) is 77.3 Å². The second-order valence-corrected chi connectivity index (χ2v) is 7.95. The first-order chi connectivity index (χ1) is 9.13. The van der Waals surface area contributed by atoms with E-state index >= 15 is 0 Å². The third kappa shape index (κ3) is 2.94. The Labute approximate surface area is 129 Å². The van der Waals surface area contributed by atoms with E-state index in [1.54, 1.807) is 0 Å². The van der Waals surface area contributed by atoms with Crippen LogP contribution in [0.25, 0.3) is 0 Å². The van der Waals surface area contributed by atoms with Gasteiger partial charge in [-0.1, -0.05) is 0 Å². The molecule has 0 aromatic heterocycles. The van der Waals surface area contributed by atoms with Crippen LogP contribution in [0.2, 0.25) is 0 Å². The summed E-state index contributed by atoms with van der Waals surface area (Å²) in [7, 11) is 6.77. The number of benzene rings is 1. The molecule has 2 nitrogen and oxygen atoms in total. The van der Waals surface area contributed by atoms with Crippen LogP contribution in [0.5, 0.6) is 0 Å². The van der Waals surface area contributed by atoms with E-state index in [4.69, 9.17) is 0 Å². The molecule has 2 rings (SSSR count). The molecule has 1 aromatic carbocycles. The summed E-state index contributed by atoms with van der Waals surface area (Å²) in [4.78, 5) is 1.05. The third-order valence-electron chi connectivity index (χ3n) is 4.46. The van der Waals surface area contributed by atoms with Gasteiger partial charge in [0.05, 0.1) is 39.5 Å². The lowest BCUT2D eigenvalue weighted by molar-refractivity contribution is -0.871. The zero-order valence-corrected chi connectivity index (χ0v) is 14.6. The van der Waals surface area contributed by atoms with Crippen LogP contribution in [-0.2, 0) is 5.41 Å². The van der Waals surface area contributed by atoms with Crippen molar-refractivity contribution in [2.24, 2.45) is 0 Å². The minimum absolute atomic E-state index is 0.116. The Morgan fingerprint density at radius 3 is 2.45 bits per heavy atom. The molecule has 0 saturated carbocycles. The Hall–Kier alpha value is -0.800. The zero-order chi connectivity index (χ0) is 15.1. The summed E-state index contributed by atoms with van der Waals surface area (Å²) in [6.45, 7) is 9.19. The number of hydrogen-bond acceptors (Lipinski definition) is 1. The molecule has 1 heterocycles. The van der Waals surface area contributed by atoms with Gasteiger partial charge in [-0.3, -0.25) is 0 Å². The molecule has 0 amide bonds. The Kier molecular flexibility index (Phi) is 4.05. The largest absolute Gasteiger partial charge is 0.331 e. The molecule has 1 aromatic rings. The second-order valence-electron chi connectivity index (χ2n) is 7.43. The quantitative estimate of drug-likeness (QED) is 0.492. The van der Waals surface area contributed by atoms with Crippen molar-refractivity contribution in [3.63, 3.8) is 0 Å². The van der Waals surface area contributed by atoms with Crippen LogP contribution in [0.4, 0.5) is 5.69 Å². The molecule has 0 unspecified atom stereocenters. The SMILES string of the molecule is CC1=[N+](CCC[N+](C)(C)C)c2ccc(S)cc2C1(C)C. The van der Waals surface area contributed by atoms with Gasteiger partial charge in [-0.25, -0.2) is 0 Å². The summed E-state index contributed by atoms with van der Waals surface area (Å²) in [6, 6.07) is 6.55. The standard InChI is InChI=1S/C17H27N2S/c1-13-17(2,3)15-12-14(20)8-9-16(15)18(13)10-7-11-19(4,5)6/h8-9,12H,7,10-11H2,1-6H3/q+1/p+1. The molecule has 0 spiro atoms. The van der Waals surface area contributed by atoms with Crippen molar-refractivity contribution < 1.29 is 9.06 Å². The molecule has 20 heavy (non-hydrogen) atoms. The zero-order valence-electron chi connectivity index (χ0n) is 13.7. The molecule has 3 heteroatoms. The van der Waals surface area contributed by atoms with Gasteiger partial charge in [0.1, 0.15) is 0 Å². The minimum atomic E-state index is 0.116. The van der Waals surface area contributed by atoms with Gasteiger partial charge in [0.15, 0.2) is 12.3 Å². The fourth-order valence-corrected chi connectivity index (χ4v) is 3.17. The van der Waals surface area contributed by atoms with Crippen molar-refractivity contribution in [2.45, 2.75) is 37.5 Å². The molecule has 0 bridgehead atoms. The van der Waals surface area contributed by atoms with Gasteiger partial charge in [-0.2, -0.15) is 4.58 Å². The highest BCUT2D eigenvalue weighted by atomic mass is 32.1. The lowest BCUT2D eigenvalue weighted by atomic mass is 9.82. The van der Waals surface area contributed by atoms with E-state index in [1.165, 1.54) is 29.9 Å². The van der Waals surface area contributed by atoms with Crippen molar-refractivity contribution >= 4 is 24.0 Å². The molecule has 0 atom stereocenters. The van der Waals surface area contributed by atoms with Crippen LogP contribution in [-0.4, -0.2) is 49.0 Å². The second kappa shape index (κ2) is 5.19. The van der Waals surface area contributed by atoms with Crippen LogP contribution in [0, 0.1) is 0 Å². The van der Waals surface area contributed by atoms with E-state index in [9.17, 15) is 0 Å². The van der Waals surface area contributed by atoms with Gasteiger partial charge in [0, 0.05) is 23.4 Å². The Morgan fingerprint density at radius 2 is 1.85 bits per heavy atom. The fraction of sp³-hybridized carbons (Fsp3) is 0.588. The van der Waals surface area contributed by atoms with E-state index in [1.807, 2.05) is 0 Å². The molecule has 110 valence electrons. The highest BCUT2D eigenvalue weighted by Crippen LogP contribution is 2.40. The van der Waals surface area contributed by atoms with Crippen LogP contribution >= 0.6 is 12.6 Å². The smallest absolute Gasteiger partial charge is 0.209 e. The van der Waals surface area contributed by atoms with Crippen molar-refractivity contribution in [2.75, 3.05) is 34.2 Å². The first-order valence-electron chi connectivity index (χ1n) is 7.38. The molecule has 0 fully saturated rings. The maximum absolute atomic E-state index is 4.50. The first-order valence-corrected chi connectivity index (χ1v) is 7.83. The summed E-state index contributed by atoms with van der Waals surface area (Å²) >= 11 is 4.50. The van der Waals surface area contributed by atoms with Gasteiger partial charge in [0.25, 0.3) is 0 Å². The highest BCUT2D eigenvalue weighted by Gasteiger charge is 2.42. The van der Waals surface area contributed by atoms with E-state index in [-0.39, 0.29) is 5.41 Å². The number of thiol groups is 1. The summed E-state index contributed by atoms with van der Waals surface area (Å²) in [5.41, 5.74) is 4.34. The monoisotopic (exact) mass is 292 g/mol. The normalized spacial score (nSPS) is 17.6. The van der Waals surface area contributed by atoms with Crippen LogP contribution in [0.15, 0.2) is 23.1 Å². The van der Waals surface area contributed by atoms with E-state index in [0.29, 0.717) is 0 Å². The molecule has 1 aliphatic heterocycles. The molecule has 0 aliphatic carbocycles. The van der Waals surface area contributed by atoms with Crippen molar-refractivity contribution in [1.82, 2.24) is 0 Å². The van der Waals surface area contributed by atoms with Crippen molar-refractivity contribution in [3.8, 4) is 0 Å². The molecular formula is C17H28N2S+2. The lowest BCUT2D eigenvalue weighted by Crippen LogP contribution is -2.36. The van der Waals surface area contributed by atoms with Crippen LogP contribution in [0.3, 0.4) is 0 Å². The maximum Gasteiger partial charge on any atom is 0.209 e. The summed E-state index contributed by atoms with van der Waals surface area (Å²) in [6.07, 6.45) is 1.21. The van der Waals surface area contributed by atoms with Gasteiger partial charge in [0.2, 0.25) is 5.69 Å². The number of nitrogens with zero attached hydrogens (tertiary/aromatic N) is 2. The number of rotatable bonds is 4. The number of quaternary nitrogens is 1. The molecule has 0 N–H and O–H groups in total. The Bertz CT molecular complexity index is 551. The predicted octanol–water partition coefficient (Wildman–Crippen LogP) is 3.47. The molecular weight excluding hydrogens is 264 g/mol. The lowest BCUT2D eigenvalue weighted by Gasteiger charge is -2.23. The van der Waals surface area contributed by atoms with Gasteiger partial charge in [-0.05, 0) is 26.0 Å². The number of fused-ring (bicyclic) bond motifs is 1. The summed E-state index contributed by atoms with van der Waals surface area (Å²) < 4.78 is 3.52. The number of hydrogen-bond donors (Lipinski definition) is 1. The van der Waals surface area contributed by atoms with Gasteiger partial charge in [-0.15, -0.1) is 12.6 Å². The first kappa shape index (κ1) is 15.6. The maximum atomic E-state index is 4.50. The van der Waals surface area contributed by atoms with Crippen molar-refractivity contribution in [3.05, 3.63) is 23.8 Å². The van der Waals surface area contributed by atoms with Crippen LogP contribution in [0.1, 0.15) is 32.8 Å². The summed E-state index contributed by atoms with van der Waals surface area (Å²) in [5, 5.41) is 0. The Morgan fingerprint density at radius 1 is 1.20 bits per heavy atom. The Balaban J connectivity index is 2.27. The molecule has 1 aliphatic rings. The summed E-state index contributed by atoms with van der Waals surface area (Å²) in [5.74, 6) is 0. The van der Waals surface area contributed by atoms with Crippen molar-refractivity contribution in [1.29, 1.82) is 0 Å². The topological polar surface area (TPSA) is 3.01 Å². The average Bonchev–Trinajstić information content (AvgIpc) is 2.49.